The lowest BCUT2D eigenvalue weighted by atomic mass is 10.1. The second kappa shape index (κ2) is 9.56. The first-order chi connectivity index (χ1) is 15.1. The van der Waals surface area contributed by atoms with E-state index in [0.29, 0.717) is 17.8 Å². The molecule has 0 amide bonds. The number of aliphatic hydroxyl groups is 3. The summed E-state index contributed by atoms with van der Waals surface area (Å²) in [6.45, 7) is 0.0266. The summed E-state index contributed by atoms with van der Waals surface area (Å²) in [5.41, 5.74) is 7.98. The quantitative estimate of drug-likeness (QED) is 0.363. The normalized spacial score (nSPS) is 23.5. The number of imidazole rings is 1. The first kappa shape index (κ1) is 21.4. The minimum atomic E-state index is -1.25. The maximum Gasteiger partial charge on any atom is 0.320 e. The van der Waals surface area contributed by atoms with Gasteiger partial charge in [0.15, 0.2) is 23.2 Å². The third-order valence-corrected chi connectivity index (χ3v) is 5.40. The number of rotatable bonds is 9. The summed E-state index contributed by atoms with van der Waals surface area (Å²) < 4.78 is 12.7. The fourth-order valence-corrected chi connectivity index (χ4v) is 3.69. The number of fused-ring (bicyclic) bond motifs is 1. The molecule has 3 aromatic rings. The van der Waals surface area contributed by atoms with Crippen LogP contribution in [-0.2, 0) is 11.2 Å². The van der Waals surface area contributed by atoms with E-state index in [4.69, 9.17) is 15.2 Å². The van der Waals surface area contributed by atoms with Gasteiger partial charge >= 0.3 is 6.01 Å². The molecule has 5 N–H and O–H groups in total. The van der Waals surface area contributed by atoms with Gasteiger partial charge in [0.25, 0.3) is 0 Å². The van der Waals surface area contributed by atoms with Crippen molar-refractivity contribution in [1.82, 2.24) is 19.5 Å². The fourth-order valence-electron chi connectivity index (χ4n) is 3.69. The smallest absolute Gasteiger partial charge is 0.320 e. The molecule has 31 heavy (non-hydrogen) atoms. The van der Waals surface area contributed by atoms with Crippen molar-refractivity contribution in [2.45, 2.75) is 50.2 Å². The minimum Gasteiger partial charge on any atom is -0.463 e. The molecule has 1 aromatic carbocycles. The van der Waals surface area contributed by atoms with Gasteiger partial charge in [0, 0.05) is 0 Å². The van der Waals surface area contributed by atoms with Crippen LogP contribution in [0, 0.1) is 0 Å². The van der Waals surface area contributed by atoms with Gasteiger partial charge in [-0.2, -0.15) is 9.97 Å². The molecule has 1 saturated heterocycles. The fraction of sp³-hybridized carbons (Fsp3) is 0.476. The van der Waals surface area contributed by atoms with Crippen LogP contribution in [0.2, 0.25) is 0 Å². The van der Waals surface area contributed by atoms with E-state index in [1.165, 1.54) is 16.5 Å². The van der Waals surface area contributed by atoms with Gasteiger partial charge in [0.1, 0.15) is 18.3 Å². The highest BCUT2D eigenvalue weighted by atomic mass is 16.6. The molecule has 0 radical (unpaired) electrons. The van der Waals surface area contributed by atoms with Crippen LogP contribution in [0.3, 0.4) is 0 Å². The Morgan fingerprint density at radius 2 is 1.87 bits per heavy atom. The van der Waals surface area contributed by atoms with E-state index in [1.807, 2.05) is 18.2 Å². The van der Waals surface area contributed by atoms with Crippen LogP contribution in [0.4, 0.5) is 5.82 Å². The van der Waals surface area contributed by atoms with Crippen LogP contribution in [-0.4, -0.2) is 66.4 Å². The lowest BCUT2D eigenvalue weighted by Crippen LogP contribution is -2.33. The van der Waals surface area contributed by atoms with Crippen molar-refractivity contribution in [2.75, 3.05) is 18.9 Å². The largest absolute Gasteiger partial charge is 0.463 e. The SMILES string of the molecule is Nc1nc(OCCCCCc2ccccc2)nc2c1ncn2C1O[C@@H](CO)[C@H](O)[C@@H]1O. The number of nitrogens with zero attached hydrogens (tertiary/aromatic N) is 4. The van der Waals surface area contributed by atoms with Gasteiger partial charge in [-0.1, -0.05) is 30.3 Å². The van der Waals surface area contributed by atoms with Gasteiger partial charge in [-0.3, -0.25) is 4.57 Å². The molecule has 10 heteroatoms. The Morgan fingerprint density at radius 3 is 2.61 bits per heavy atom. The van der Waals surface area contributed by atoms with E-state index >= 15 is 0 Å². The predicted octanol–water partition coefficient (Wildman–Crippen LogP) is 0.812. The third kappa shape index (κ3) is 4.62. The maximum atomic E-state index is 10.3. The number of benzene rings is 1. The molecule has 1 aliphatic heterocycles. The van der Waals surface area contributed by atoms with Crippen molar-refractivity contribution < 1.29 is 24.8 Å². The van der Waals surface area contributed by atoms with Crippen LogP contribution in [0.1, 0.15) is 31.1 Å². The molecule has 4 rings (SSSR count). The Bertz CT molecular complexity index is 998. The van der Waals surface area contributed by atoms with Crippen molar-refractivity contribution in [3.8, 4) is 6.01 Å². The molecule has 166 valence electrons. The number of hydrogen-bond donors (Lipinski definition) is 4. The van der Waals surface area contributed by atoms with Crippen LogP contribution < -0.4 is 10.5 Å². The van der Waals surface area contributed by atoms with Crippen LogP contribution in [0.15, 0.2) is 36.7 Å². The second-order valence-corrected chi connectivity index (χ2v) is 7.59. The Morgan fingerprint density at radius 1 is 1.06 bits per heavy atom. The lowest BCUT2D eigenvalue weighted by molar-refractivity contribution is -0.0511. The molecule has 0 bridgehead atoms. The number of nitrogen functional groups attached to an aromatic ring is 1. The van der Waals surface area contributed by atoms with E-state index in [1.54, 1.807) is 0 Å². The van der Waals surface area contributed by atoms with Crippen LogP contribution in [0.25, 0.3) is 11.2 Å². The van der Waals surface area contributed by atoms with E-state index < -0.39 is 31.1 Å². The average Bonchev–Trinajstić information content (AvgIpc) is 3.32. The number of aromatic nitrogens is 4. The Kier molecular flexibility index (Phi) is 6.62. The predicted molar refractivity (Wildman–Crippen MR) is 112 cm³/mol. The maximum absolute atomic E-state index is 10.3. The van der Waals surface area contributed by atoms with E-state index in [2.05, 4.69) is 27.1 Å². The molecule has 0 spiro atoms. The summed E-state index contributed by atoms with van der Waals surface area (Å²) in [7, 11) is 0. The number of unbranched alkanes of at least 4 members (excludes halogenated alkanes) is 2. The Balaban J connectivity index is 1.37. The summed E-state index contributed by atoms with van der Waals surface area (Å²) in [5.74, 6) is 0.148. The van der Waals surface area contributed by atoms with Crippen LogP contribution in [0.5, 0.6) is 6.01 Å². The lowest BCUT2D eigenvalue weighted by Gasteiger charge is -2.16. The average molecular weight is 429 g/mol. The van der Waals surface area contributed by atoms with Crippen molar-refractivity contribution in [2.24, 2.45) is 0 Å². The van der Waals surface area contributed by atoms with Crippen LogP contribution >= 0.6 is 0 Å². The number of anilines is 1. The highest BCUT2D eigenvalue weighted by Crippen LogP contribution is 2.32. The number of ether oxygens (including phenoxy) is 2. The van der Waals surface area contributed by atoms with Crippen molar-refractivity contribution in [1.29, 1.82) is 0 Å². The summed E-state index contributed by atoms with van der Waals surface area (Å²) in [6.07, 6.45) is 1.02. The zero-order chi connectivity index (χ0) is 21.8. The zero-order valence-corrected chi connectivity index (χ0v) is 17.0. The van der Waals surface area contributed by atoms with Gasteiger partial charge in [0.2, 0.25) is 0 Å². The number of hydrogen-bond acceptors (Lipinski definition) is 9. The van der Waals surface area contributed by atoms with E-state index in [0.717, 1.165) is 25.7 Å². The second-order valence-electron chi connectivity index (χ2n) is 7.59. The van der Waals surface area contributed by atoms with Gasteiger partial charge < -0.3 is 30.5 Å². The summed E-state index contributed by atoms with van der Waals surface area (Å²) >= 11 is 0. The highest BCUT2D eigenvalue weighted by Gasteiger charge is 2.44. The van der Waals surface area contributed by atoms with Gasteiger partial charge in [-0.05, 0) is 31.2 Å². The topological polar surface area (TPSA) is 149 Å². The molecule has 0 saturated carbocycles. The molecule has 2 aromatic heterocycles. The first-order valence-electron chi connectivity index (χ1n) is 10.4. The standard InChI is InChI=1S/C21H27N5O5/c22-18-15-19(26(12-23-15)20-17(29)16(28)14(11-27)31-20)25-21(24-18)30-10-6-2-5-9-13-7-3-1-4-8-13/h1,3-4,7-8,12,14,16-17,20,27-29H,2,5-6,9-11H2,(H2,22,24,25)/t14-,16-,17-,20?/m0/s1. The number of nitrogens with two attached hydrogens (primary N) is 1. The van der Waals surface area contributed by atoms with Crippen molar-refractivity contribution in [3.63, 3.8) is 0 Å². The monoisotopic (exact) mass is 429 g/mol. The molecule has 0 aliphatic carbocycles. The Hall–Kier alpha value is -2.79. The minimum absolute atomic E-state index is 0.113. The van der Waals surface area contributed by atoms with Crippen molar-refractivity contribution in [3.05, 3.63) is 42.2 Å². The number of aryl methyl sites for hydroxylation is 1. The molecular formula is C21H27N5O5. The zero-order valence-electron chi connectivity index (χ0n) is 17.0. The van der Waals surface area contributed by atoms with Gasteiger partial charge in [-0.15, -0.1) is 0 Å². The summed E-state index contributed by atoms with van der Waals surface area (Å²) in [6, 6.07) is 10.5. The van der Waals surface area contributed by atoms with Gasteiger partial charge in [-0.25, -0.2) is 4.98 Å². The highest BCUT2D eigenvalue weighted by molar-refractivity contribution is 5.82. The molecule has 1 fully saturated rings. The molecule has 1 unspecified atom stereocenters. The summed E-state index contributed by atoms with van der Waals surface area (Å²) in [5, 5.41) is 29.6. The van der Waals surface area contributed by atoms with Gasteiger partial charge in [0.05, 0.1) is 19.5 Å². The van der Waals surface area contributed by atoms with Crippen molar-refractivity contribution >= 4 is 17.0 Å². The Labute approximate surface area is 179 Å². The first-order valence-corrected chi connectivity index (χ1v) is 10.4. The summed E-state index contributed by atoms with van der Waals surface area (Å²) in [4.78, 5) is 12.7. The molecule has 4 atom stereocenters. The third-order valence-electron chi connectivity index (χ3n) is 5.40. The van der Waals surface area contributed by atoms with E-state index in [-0.39, 0.29) is 11.8 Å². The molecule has 10 nitrogen and oxygen atoms in total. The molecular weight excluding hydrogens is 402 g/mol. The number of aliphatic hydroxyl groups excluding tert-OH is 3. The molecule has 3 heterocycles. The molecule has 1 aliphatic rings. The van der Waals surface area contributed by atoms with E-state index in [9.17, 15) is 15.3 Å².